The molecule has 2 aromatic carbocycles. The van der Waals surface area contributed by atoms with Gasteiger partial charge in [-0.2, -0.15) is 0 Å². The zero-order chi connectivity index (χ0) is 14.7. The maximum Gasteiger partial charge on any atom is 0.132 e. The molecule has 0 aliphatic carbocycles. The molecule has 0 saturated heterocycles. The molecule has 0 aliphatic heterocycles. The molecule has 0 radical (unpaired) electrons. The van der Waals surface area contributed by atoms with Crippen molar-refractivity contribution in [2.24, 2.45) is 5.73 Å². The largest absolute Gasteiger partial charge is 0.457 e. The Labute approximate surface area is 130 Å². The predicted octanol–water partition coefficient (Wildman–Crippen LogP) is 4.92. The van der Waals surface area contributed by atoms with Crippen molar-refractivity contribution in [1.29, 1.82) is 0 Å². The summed E-state index contributed by atoms with van der Waals surface area (Å²) in [7, 11) is 0. The summed E-state index contributed by atoms with van der Waals surface area (Å²) in [4.78, 5) is 0. The average molecular weight is 359 g/mol. The van der Waals surface area contributed by atoms with Crippen LogP contribution in [0.4, 0.5) is 4.39 Å². The zero-order valence-electron chi connectivity index (χ0n) is 10.9. The summed E-state index contributed by atoms with van der Waals surface area (Å²) in [6.07, 6.45) is 0.589. The first kappa shape index (κ1) is 15.3. The van der Waals surface area contributed by atoms with Crippen molar-refractivity contribution in [3.8, 4) is 11.5 Å². The Kier molecular flexibility index (Phi) is 5.02. The van der Waals surface area contributed by atoms with E-state index in [0.29, 0.717) is 27.4 Å². The molecule has 0 amide bonds. The third-order valence-electron chi connectivity index (χ3n) is 2.67. The van der Waals surface area contributed by atoms with Gasteiger partial charge in [-0.1, -0.05) is 33.6 Å². The number of ether oxygens (including phenoxy) is 1. The summed E-state index contributed by atoms with van der Waals surface area (Å²) in [5.41, 5.74) is 6.65. The molecule has 106 valence electrons. The van der Waals surface area contributed by atoms with Crippen LogP contribution in [-0.2, 0) is 6.42 Å². The molecule has 0 saturated carbocycles. The second-order valence-corrected chi connectivity index (χ2v) is 5.93. The maximum atomic E-state index is 13.4. The highest BCUT2D eigenvalue weighted by atomic mass is 79.9. The van der Waals surface area contributed by atoms with E-state index in [2.05, 4.69) is 15.9 Å². The highest BCUT2D eigenvalue weighted by Crippen LogP contribution is 2.32. The molecule has 1 unspecified atom stereocenters. The predicted molar refractivity (Wildman–Crippen MR) is 83.0 cm³/mol. The number of nitrogens with two attached hydrogens (primary N) is 1. The Morgan fingerprint density at radius 1 is 1.35 bits per heavy atom. The summed E-state index contributed by atoms with van der Waals surface area (Å²) in [5, 5.41) is 0.593. The summed E-state index contributed by atoms with van der Waals surface area (Å²) >= 11 is 9.42. The van der Waals surface area contributed by atoms with Crippen LogP contribution in [0.25, 0.3) is 0 Å². The van der Waals surface area contributed by atoms with Gasteiger partial charge in [0, 0.05) is 27.2 Å². The highest BCUT2D eigenvalue weighted by molar-refractivity contribution is 9.10. The molecule has 5 heteroatoms. The normalized spacial score (nSPS) is 12.2. The van der Waals surface area contributed by atoms with E-state index < -0.39 is 0 Å². The summed E-state index contributed by atoms with van der Waals surface area (Å²) < 4.78 is 19.7. The first-order valence-corrected chi connectivity index (χ1v) is 7.29. The van der Waals surface area contributed by atoms with Crippen LogP contribution in [0.15, 0.2) is 40.9 Å². The molecule has 2 N–H and O–H groups in total. The van der Waals surface area contributed by atoms with Crippen molar-refractivity contribution in [2.45, 2.75) is 19.4 Å². The van der Waals surface area contributed by atoms with Crippen LogP contribution >= 0.6 is 27.5 Å². The van der Waals surface area contributed by atoms with E-state index >= 15 is 0 Å². The second-order valence-electron chi connectivity index (χ2n) is 4.61. The Morgan fingerprint density at radius 3 is 2.75 bits per heavy atom. The fourth-order valence-corrected chi connectivity index (χ4v) is 2.56. The summed E-state index contributed by atoms with van der Waals surface area (Å²) in [6.45, 7) is 1.89. The third-order valence-corrected chi connectivity index (χ3v) is 3.48. The molecule has 2 rings (SSSR count). The van der Waals surface area contributed by atoms with Crippen LogP contribution < -0.4 is 10.5 Å². The lowest BCUT2D eigenvalue weighted by Crippen LogP contribution is -2.18. The zero-order valence-corrected chi connectivity index (χ0v) is 13.2. The smallest absolute Gasteiger partial charge is 0.132 e. The molecule has 0 fully saturated rings. The van der Waals surface area contributed by atoms with Crippen molar-refractivity contribution < 1.29 is 9.13 Å². The minimum Gasteiger partial charge on any atom is -0.457 e. The molecule has 1 atom stereocenters. The summed E-state index contributed by atoms with van der Waals surface area (Å²) in [5.74, 6) is 0.627. The third kappa shape index (κ3) is 3.95. The number of rotatable bonds is 4. The Morgan fingerprint density at radius 2 is 2.10 bits per heavy atom. The Bertz CT molecular complexity index is 599. The number of halogens is 3. The van der Waals surface area contributed by atoms with E-state index in [1.54, 1.807) is 24.3 Å². The van der Waals surface area contributed by atoms with Crippen LogP contribution in [0.3, 0.4) is 0 Å². The van der Waals surface area contributed by atoms with Gasteiger partial charge in [-0.15, -0.1) is 0 Å². The van der Waals surface area contributed by atoms with Gasteiger partial charge in [-0.05, 0) is 37.6 Å². The molecule has 0 heterocycles. The van der Waals surface area contributed by atoms with Crippen molar-refractivity contribution in [3.63, 3.8) is 0 Å². The standard InChI is InChI=1S/C15H14BrClFNO/c1-9(19)5-13-14(17)3-2-4-15(13)20-12-7-10(16)6-11(18)8-12/h2-4,6-9H,5,19H2,1H3. The van der Waals surface area contributed by atoms with Gasteiger partial charge in [0.15, 0.2) is 0 Å². The van der Waals surface area contributed by atoms with Crippen molar-refractivity contribution in [1.82, 2.24) is 0 Å². The molecule has 2 nitrogen and oxygen atoms in total. The number of hydrogen-bond donors (Lipinski definition) is 1. The molecule has 0 spiro atoms. The molecular formula is C15H14BrClFNO. The molecular weight excluding hydrogens is 345 g/mol. The lowest BCUT2D eigenvalue weighted by atomic mass is 10.1. The first-order valence-electron chi connectivity index (χ1n) is 6.12. The SMILES string of the molecule is CC(N)Cc1c(Cl)cccc1Oc1cc(F)cc(Br)c1. The Balaban J connectivity index is 2.35. The van der Waals surface area contributed by atoms with E-state index in [9.17, 15) is 4.39 Å². The van der Waals surface area contributed by atoms with Crippen molar-refractivity contribution in [2.75, 3.05) is 0 Å². The average Bonchev–Trinajstić information content (AvgIpc) is 2.32. The van der Waals surface area contributed by atoms with Crippen molar-refractivity contribution >= 4 is 27.5 Å². The molecule has 0 aliphatic rings. The first-order chi connectivity index (χ1) is 9.45. The fourth-order valence-electron chi connectivity index (χ4n) is 1.87. The Hall–Kier alpha value is -1.10. The maximum absolute atomic E-state index is 13.4. The van der Waals surface area contributed by atoms with Gasteiger partial charge in [0.1, 0.15) is 17.3 Å². The van der Waals surface area contributed by atoms with Crippen LogP contribution in [0.5, 0.6) is 11.5 Å². The minimum atomic E-state index is -0.370. The summed E-state index contributed by atoms with van der Waals surface area (Å²) in [6, 6.07) is 9.71. The molecule has 0 aromatic heterocycles. The van der Waals surface area contributed by atoms with Gasteiger partial charge in [0.05, 0.1) is 0 Å². The minimum absolute atomic E-state index is 0.0449. The second kappa shape index (κ2) is 6.57. The van der Waals surface area contributed by atoms with Crippen molar-refractivity contribution in [3.05, 3.63) is 57.3 Å². The van der Waals surface area contributed by atoms with E-state index in [-0.39, 0.29) is 11.9 Å². The number of benzene rings is 2. The van der Waals surface area contributed by atoms with Crippen LogP contribution in [-0.4, -0.2) is 6.04 Å². The van der Waals surface area contributed by atoms with Gasteiger partial charge >= 0.3 is 0 Å². The highest BCUT2D eigenvalue weighted by Gasteiger charge is 2.12. The molecule has 2 aromatic rings. The van der Waals surface area contributed by atoms with E-state index in [4.69, 9.17) is 22.1 Å². The van der Waals surface area contributed by atoms with Gasteiger partial charge in [0.2, 0.25) is 0 Å². The van der Waals surface area contributed by atoms with E-state index in [1.165, 1.54) is 12.1 Å². The lowest BCUT2D eigenvalue weighted by Gasteiger charge is -2.14. The van der Waals surface area contributed by atoms with E-state index in [1.807, 2.05) is 6.92 Å². The number of hydrogen-bond acceptors (Lipinski definition) is 2. The van der Waals surface area contributed by atoms with Gasteiger partial charge in [0.25, 0.3) is 0 Å². The van der Waals surface area contributed by atoms with Gasteiger partial charge in [-0.25, -0.2) is 4.39 Å². The lowest BCUT2D eigenvalue weighted by molar-refractivity contribution is 0.468. The quantitative estimate of drug-likeness (QED) is 0.841. The molecule has 20 heavy (non-hydrogen) atoms. The van der Waals surface area contributed by atoms with Gasteiger partial charge in [-0.3, -0.25) is 0 Å². The molecule has 0 bridgehead atoms. The topological polar surface area (TPSA) is 35.2 Å². The van der Waals surface area contributed by atoms with Crippen LogP contribution in [0, 0.1) is 5.82 Å². The van der Waals surface area contributed by atoms with E-state index in [0.717, 1.165) is 5.56 Å². The monoisotopic (exact) mass is 357 g/mol. The van der Waals surface area contributed by atoms with Crippen LogP contribution in [0.2, 0.25) is 5.02 Å². The van der Waals surface area contributed by atoms with Gasteiger partial charge < -0.3 is 10.5 Å². The fraction of sp³-hybridized carbons (Fsp3) is 0.200. The van der Waals surface area contributed by atoms with Crippen LogP contribution in [0.1, 0.15) is 12.5 Å².